The molecule has 6 atom stereocenters. The van der Waals surface area contributed by atoms with E-state index >= 15 is 0 Å². The van der Waals surface area contributed by atoms with E-state index in [0.29, 0.717) is 26.2 Å². The molecular weight excluding hydrogens is 608 g/mol. The van der Waals surface area contributed by atoms with Gasteiger partial charge in [-0.05, 0) is 87.5 Å². The van der Waals surface area contributed by atoms with Gasteiger partial charge in [0, 0.05) is 43.6 Å². The monoisotopic (exact) mass is 664 g/mol. The Morgan fingerprint density at radius 1 is 1.08 bits per heavy atom. The van der Waals surface area contributed by atoms with Gasteiger partial charge in [-0.15, -0.1) is 6.58 Å². The molecule has 0 unspecified atom stereocenters. The molecule has 48 heavy (non-hydrogen) atoms. The molecule has 1 heterocycles. The molecule has 1 aromatic carbocycles. The van der Waals surface area contributed by atoms with Crippen molar-refractivity contribution in [1.29, 1.82) is 0 Å². The molecule has 1 amide bonds. The van der Waals surface area contributed by atoms with Crippen LogP contribution >= 0.6 is 0 Å². The zero-order chi connectivity index (χ0) is 34.1. The fourth-order valence-electron chi connectivity index (χ4n) is 8.26. The van der Waals surface area contributed by atoms with Crippen LogP contribution in [0.3, 0.4) is 0 Å². The molecule has 1 aliphatic heterocycles. The van der Waals surface area contributed by atoms with Crippen LogP contribution in [0.1, 0.15) is 89.5 Å². The number of fused-ring (bicyclic) bond motifs is 2. The predicted molar refractivity (Wildman–Crippen MR) is 187 cm³/mol. The first-order valence-corrected chi connectivity index (χ1v) is 18.2. The molecule has 1 aromatic rings. The second-order valence-corrected chi connectivity index (χ2v) is 13.6. The Kier molecular flexibility index (Phi) is 12.8. The maximum Gasteiger partial charge on any atom is 0.239 e. The third kappa shape index (κ3) is 7.53. The summed E-state index contributed by atoms with van der Waals surface area (Å²) in [6.07, 6.45) is 14.0. The SMILES string of the molecule is C=CCOc1ccc2c(c1)[C@H]1[C@H](CCCCO)[C@@H](CCCCO)C=C3C(=NOCC)C[C@H](N(CCC)C(=O)C4CC4)[C@@](OCC=C)(O2)[C@H]31. The van der Waals surface area contributed by atoms with Gasteiger partial charge in [0.15, 0.2) is 0 Å². The highest BCUT2D eigenvalue weighted by molar-refractivity contribution is 6.03. The lowest BCUT2D eigenvalue weighted by atomic mass is 9.55. The third-order valence-corrected chi connectivity index (χ3v) is 10.4. The van der Waals surface area contributed by atoms with Gasteiger partial charge < -0.3 is 34.2 Å². The minimum Gasteiger partial charge on any atom is -0.490 e. The van der Waals surface area contributed by atoms with E-state index in [9.17, 15) is 15.0 Å². The van der Waals surface area contributed by atoms with Crippen molar-refractivity contribution >= 4 is 11.6 Å². The van der Waals surface area contributed by atoms with Gasteiger partial charge in [-0.1, -0.05) is 49.7 Å². The number of unbranched alkanes of at least 4 members (excludes halogenated alkanes) is 2. The number of nitrogens with zero attached hydrogens (tertiary/aromatic N) is 2. The van der Waals surface area contributed by atoms with Crippen LogP contribution in [0, 0.1) is 23.7 Å². The number of aliphatic hydroxyl groups excluding tert-OH is 2. The van der Waals surface area contributed by atoms with E-state index in [4.69, 9.17) is 24.2 Å². The molecule has 0 aromatic heterocycles. The Morgan fingerprint density at radius 2 is 1.83 bits per heavy atom. The predicted octanol–water partition coefficient (Wildman–Crippen LogP) is 6.55. The van der Waals surface area contributed by atoms with E-state index in [0.717, 1.165) is 86.1 Å². The maximum absolute atomic E-state index is 14.1. The van der Waals surface area contributed by atoms with Crippen LogP contribution in [0.15, 0.2) is 60.3 Å². The summed E-state index contributed by atoms with van der Waals surface area (Å²) in [5, 5.41) is 24.2. The minimum absolute atomic E-state index is 0.0296. The number of allylic oxidation sites excluding steroid dienone is 1. The van der Waals surface area contributed by atoms with E-state index in [1.165, 1.54) is 0 Å². The molecule has 2 fully saturated rings. The molecule has 0 bridgehead atoms. The lowest BCUT2D eigenvalue weighted by molar-refractivity contribution is -0.257. The van der Waals surface area contributed by atoms with Gasteiger partial charge in [-0.3, -0.25) is 4.79 Å². The summed E-state index contributed by atoms with van der Waals surface area (Å²) in [5.74, 6) is 0.483. The highest BCUT2D eigenvalue weighted by Gasteiger charge is 2.65. The molecule has 0 saturated heterocycles. The summed E-state index contributed by atoms with van der Waals surface area (Å²) < 4.78 is 20.3. The second kappa shape index (κ2) is 17.0. The molecule has 264 valence electrons. The van der Waals surface area contributed by atoms with Crippen molar-refractivity contribution in [1.82, 2.24) is 4.90 Å². The number of hydrogen-bond acceptors (Lipinski definition) is 8. The summed E-state index contributed by atoms with van der Waals surface area (Å²) in [5.41, 5.74) is 2.95. The van der Waals surface area contributed by atoms with E-state index in [1.54, 1.807) is 12.2 Å². The fraction of sp³-hybridized carbons (Fsp3) is 0.641. The number of benzene rings is 1. The molecule has 5 rings (SSSR count). The number of oxime groups is 1. The third-order valence-electron chi connectivity index (χ3n) is 10.4. The largest absolute Gasteiger partial charge is 0.490 e. The Labute approximate surface area is 286 Å². The number of hydrogen-bond donors (Lipinski definition) is 2. The van der Waals surface area contributed by atoms with Crippen LogP contribution in [-0.4, -0.2) is 78.1 Å². The molecule has 0 spiro atoms. The number of carbonyl (C=O) groups is 1. The van der Waals surface area contributed by atoms with Gasteiger partial charge in [-0.25, -0.2) is 0 Å². The molecular formula is C39H56N2O7. The van der Waals surface area contributed by atoms with Crippen molar-refractivity contribution in [3.05, 3.63) is 60.7 Å². The Balaban J connectivity index is 1.76. The van der Waals surface area contributed by atoms with Gasteiger partial charge in [-0.2, -0.15) is 0 Å². The summed E-state index contributed by atoms with van der Waals surface area (Å²) in [4.78, 5) is 21.9. The van der Waals surface area contributed by atoms with Gasteiger partial charge in [0.05, 0.1) is 18.2 Å². The molecule has 3 aliphatic carbocycles. The van der Waals surface area contributed by atoms with Crippen LogP contribution in [0.4, 0.5) is 0 Å². The molecule has 2 saturated carbocycles. The van der Waals surface area contributed by atoms with Crippen molar-refractivity contribution < 1.29 is 34.1 Å². The smallest absolute Gasteiger partial charge is 0.239 e. The maximum atomic E-state index is 14.1. The number of aliphatic hydroxyl groups is 2. The number of carbonyl (C=O) groups excluding carboxylic acids is 1. The average molecular weight is 665 g/mol. The van der Waals surface area contributed by atoms with Gasteiger partial charge >= 0.3 is 0 Å². The van der Waals surface area contributed by atoms with Crippen molar-refractivity contribution in [3.63, 3.8) is 0 Å². The zero-order valence-corrected chi connectivity index (χ0v) is 29.0. The standard InChI is InChI=1S/C39H56N2O7/c1-5-19-41(38(44)27-15-16-27)35-26-33(40-47-8-4)31-24-28(13-9-11-20-42)30(14-10-12-21-43)36-32-25-29(45-22-6-2)17-18-34(32)48-39(35,37(31)36)46-23-7-3/h6-7,17-18,24-25,27-28,30,35-37,42-43H,2-3,5,8-16,19-23,26H2,1,4H3/t28-,30+,35-,36+,37+,39+/m0/s1. The second-order valence-electron chi connectivity index (χ2n) is 13.6. The van der Waals surface area contributed by atoms with E-state index in [-0.39, 0.29) is 55.3 Å². The van der Waals surface area contributed by atoms with Crippen molar-refractivity contribution in [2.24, 2.45) is 28.8 Å². The molecule has 9 heteroatoms. The first kappa shape index (κ1) is 36.1. The van der Waals surface area contributed by atoms with Crippen LogP contribution in [0.25, 0.3) is 0 Å². The first-order valence-electron chi connectivity index (χ1n) is 18.2. The van der Waals surface area contributed by atoms with Gasteiger partial charge in [0.1, 0.15) is 30.8 Å². The number of amides is 1. The van der Waals surface area contributed by atoms with Crippen molar-refractivity contribution in [2.75, 3.05) is 39.6 Å². The first-order chi connectivity index (χ1) is 23.5. The summed E-state index contributed by atoms with van der Waals surface area (Å²) >= 11 is 0. The fourth-order valence-corrected chi connectivity index (χ4v) is 8.26. The molecule has 9 nitrogen and oxygen atoms in total. The molecule has 0 radical (unpaired) electrons. The average Bonchev–Trinajstić information content (AvgIpc) is 3.95. The van der Waals surface area contributed by atoms with Crippen LogP contribution in [-0.2, 0) is 14.4 Å². The van der Waals surface area contributed by atoms with E-state index in [2.05, 4.69) is 32.2 Å². The summed E-state index contributed by atoms with van der Waals surface area (Å²) in [6.45, 7) is 13.8. The normalized spacial score (nSPS) is 28.0. The number of rotatable bonds is 20. The Hall–Kier alpha value is -3.14. The van der Waals surface area contributed by atoms with Crippen molar-refractivity contribution in [2.45, 2.75) is 95.8 Å². The summed E-state index contributed by atoms with van der Waals surface area (Å²) in [6, 6.07) is 5.58. The lowest BCUT2D eigenvalue weighted by Crippen LogP contribution is -2.70. The Bertz CT molecular complexity index is 1320. The van der Waals surface area contributed by atoms with Gasteiger partial charge in [0.2, 0.25) is 11.7 Å². The Morgan fingerprint density at radius 3 is 2.50 bits per heavy atom. The van der Waals surface area contributed by atoms with Crippen LogP contribution in [0.5, 0.6) is 11.5 Å². The van der Waals surface area contributed by atoms with Gasteiger partial charge in [0.25, 0.3) is 0 Å². The van der Waals surface area contributed by atoms with Crippen molar-refractivity contribution in [3.8, 4) is 11.5 Å². The quantitative estimate of drug-likeness (QED) is 0.0924. The van der Waals surface area contributed by atoms with Crippen LogP contribution < -0.4 is 9.47 Å². The molecule has 4 aliphatic rings. The highest BCUT2D eigenvalue weighted by atomic mass is 16.7. The van der Waals surface area contributed by atoms with E-state index in [1.807, 2.05) is 24.0 Å². The van der Waals surface area contributed by atoms with Crippen LogP contribution in [0.2, 0.25) is 0 Å². The molecule has 2 N–H and O–H groups in total. The highest BCUT2D eigenvalue weighted by Crippen LogP contribution is 2.62. The zero-order valence-electron chi connectivity index (χ0n) is 29.0. The van der Waals surface area contributed by atoms with E-state index < -0.39 is 11.8 Å². The number of ether oxygens (including phenoxy) is 3. The minimum atomic E-state index is -1.20. The topological polar surface area (TPSA) is 110 Å². The lowest BCUT2D eigenvalue weighted by Gasteiger charge is -2.60. The summed E-state index contributed by atoms with van der Waals surface area (Å²) in [7, 11) is 0.